The summed E-state index contributed by atoms with van der Waals surface area (Å²) >= 11 is 8.04. The number of aromatic nitrogens is 3. The number of carbonyl (C=O) groups excluding carboxylic acids is 1. The molecule has 0 fully saturated rings. The molecule has 0 atom stereocenters. The van der Waals surface area contributed by atoms with Crippen molar-refractivity contribution in [2.75, 3.05) is 5.75 Å². The lowest BCUT2D eigenvalue weighted by atomic mass is 10.1. The van der Waals surface area contributed by atoms with Gasteiger partial charge in [0.05, 0.1) is 11.4 Å². The number of fused-ring (bicyclic) bond motifs is 1. The van der Waals surface area contributed by atoms with Gasteiger partial charge in [-0.1, -0.05) is 47.4 Å². The van der Waals surface area contributed by atoms with Crippen LogP contribution in [0.1, 0.15) is 21.5 Å². The van der Waals surface area contributed by atoms with Crippen LogP contribution in [0.4, 0.5) is 4.39 Å². The molecule has 0 saturated carbocycles. The number of hydrogen-bond acceptors (Lipinski definition) is 6. The van der Waals surface area contributed by atoms with Gasteiger partial charge in [0.2, 0.25) is 0 Å². The number of Topliss-reactive ketones (excluding diaryl/α,β-unsaturated/α-hetero) is 1. The van der Waals surface area contributed by atoms with Crippen LogP contribution in [0.3, 0.4) is 0 Å². The van der Waals surface area contributed by atoms with Crippen LogP contribution in [0.25, 0.3) is 21.7 Å². The first-order chi connectivity index (χ1) is 17.3. The molecule has 0 N–H and O–H groups in total. The molecular weight excluding hydrogens is 514 g/mol. The smallest absolute Gasteiger partial charge is 0.278 e. The predicted octanol–water partition coefficient (Wildman–Crippen LogP) is 6.70. The second-order valence-electron chi connectivity index (χ2n) is 8.21. The Morgan fingerprint density at radius 1 is 0.972 bits per heavy atom. The lowest BCUT2D eigenvalue weighted by molar-refractivity contribution is 0.102. The molecule has 9 heteroatoms. The molecule has 2 aromatic heterocycles. The van der Waals surface area contributed by atoms with E-state index in [1.807, 2.05) is 66.9 Å². The SMILES string of the molecule is Cc1ccc(-n2c(=S)sc3c(=O)n(-c4ccccc4)c(SCC(=O)c4ccc(F)cc4)nc32)cc1C. The number of benzene rings is 3. The van der Waals surface area contributed by atoms with E-state index < -0.39 is 5.82 Å². The summed E-state index contributed by atoms with van der Waals surface area (Å²) < 4.78 is 17.6. The summed E-state index contributed by atoms with van der Waals surface area (Å²) in [5, 5.41) is 0.375. The van der Waals surface area contributed by atoms with Gasteiger partial charge in [0.25, 0.3) is 5.56 Å². The van der Waals surface area contributed by atoms with Crippen molar-refractivity contribution in [3.63, 3.8) is 0 Å². The molecule has 0 unspecified atom stereocenters. The predicted molar refractivity (Wildman–Crippen MR) is 146 cm³/mol. The molecule has 0 saturated heterocycles. The van der Waals surface area contributed by atoms with Crippen LogP contribution in [-0.4, -0.2) is 25.7 Å². The van der Waals surface area contributed by atoms with Gasteiger partial charge in [-0.3, -0.25) is 18.7 Å². The highest BCUT2D eigenvalue weighted by molar-refractivity contribution is 7.99. The second kappa shape index (κ2) is 9.93. The molecule has 5 aromatic rings. The van der Waals surface area contributed by atoms with Crippen molar-refractivity contribution in [1.82, 2.24) is 14.1 Å². The van der Waals surface area contributed by atoms with Crippen LogP contribution in [0.5, 0.6) is 0 Å². The number of para-hydroxylation sites is 1. The maximum absolute atomic E-state index is 13.8. The quantitative estimate of drug-likeness (QED) is 0.105. The average molecular weight is 534 g/mol. The van der Waals surface area contributed by atoms with Gasteiger partial charge in [-0.05, 0) is 85.7 Å². The standard InChI is InChI=1S/C27H20FN3O2S3/c1-16-8-13-21(14-17(16)2)30-24-23(36-27(30)34)25(33)31(20-6-4-3-5-7-20)26(29-24)35-15-22(32)18-9-11-19(28)12-10-18/h3-14H,15H2,1-2H3. The number of aryl methyl sites for hydroxylation is 2. The van der Waals surface area contributed by atoms with E-state index in [9.17, 15) is 14.0 Å². The van der Waals surface area contributed by atoms with Gasteiger partial charge >= 0.3 is 0 Å². The van der Waals surface area contributed by atoms with E-state index in [2.05, 4.69) is 0 Å². The highest BCUT2D eigenvalue weighted by atomic mass is 32.2. The number of halogens is 1. The van der Waals surface area contributed by atoms with E-state index in [-0.39, 0.29) is 17.1 Å². The van der Waals surface area contributed by atoms with Crippen molar-refractivity contribution in [3.8, 4) is 11.4 Å². The number of ketones is 1. The third-order valence-corrected chi connectivity index (χ3v) is 8.13. The van der Waals surface area contributed by atoms with Crippen LogP contribution in [0.15, 0.2) is 82.7 Å². The van der Waals surface area contributed by atoms with Crippen molar-refractivity contribution >= 4 is 51.4 Å². The van der Waals surface area contributed by atoms with Crippen molar-refractivity contribution in [2.24, 2.45) is 0 Å². The Balaban J connectivity index is 1.66. The van der Waals surface area contributed by atoms with E-state index >= 15 is 0 Å². The molecule has 0 radical (unpaired) electrons. The highest BCUT2D eigenvalue weighted by Gasteiger charge is 2.20. The molecule has 0 amide bonds. The summed E-state index contributed by atoms with van der Waals surface area (Å²) in [5.41, 5.74) is 4.34. The Morgan fingerprint density at radius 2 is 1.69 bits per heavy atom. The van der Waals surface area contributed by atoms with Crippen molar-refractivity contribution < 1.29 is 9.18 Å². The number of carbonyl (C=O) groups is 1. The number of nitrogens with zero attached hydrogens (tertiary/aromatic N) is 3. The maximum atomic E-state index is 13.8. The molecule has 0 spiro atoms. The first-order valence-electron chi connectivity index (χ1n) is 11.1. The first-order valence-corrected chi connectivity index (χ1v) is 13.3. The van der Waals surface area contributed by atoms with Crippen LogP contribution < -0.4 is 5.56 Å². The minimum atomic E-state index is -0.405. The molecule has 0 bridgehead atoms. The van der Waals surface area contributed by atoms with E-state index in [4.69, 9.17) is 17.2 Å². The van der Waals surface area contributed by atoms with Crippen LogP contribution in [0, 0.1) is 23.6 Å². The molecule has 3 aromatic carbocycles. The molecule has 0 aliphatic rings. The third kappa shape index (κ3) is 4.57. The largest absolute Gasteiger partial charge is 0.293 e. The molecule has 36 heavy (non-hydrogen) atoms. The normalized spacial score (nSPS) is 11.2. The topological polar surface area (TPSA) is 56.9 Å². The summed E-state index contributed by atoms with van der Waals surface area (Å²) in [6.07, 6.45) is 0. The fraction of sp³-hybridized carbons (Fsp3) is 0.111. The number of hydrogen-bond donors (Lipinski definition) is 0. The van der Waals surface area contributed by atoms with Crippen molar-refractivity contribution in [3.05, 3.63) is 110 Å². The minimum Gasteiger partial charge on any atom is -0.293 e. The van der Waals surface area contributed by atoms with Gasteiger partial charge in [-0.15, -0.1) is 0 Å². The zero-order chi connectivity index (χ0) is 25.4. The molecule has 180 valence electrons. The van der Waals surface area contributed by atoms with Gasteiger partial charge in [0.1, 0.15) is 10.5 Å². The molecule has 5 nitrogen and oxygen atoms in total. The zero-order valence-corrected chi connectivity index (χ0v) is 21.8. The summed E-state index contributed by atoms with van der Waals surface area (Å²) in [4.78, 5) is 31.4. The van der Waals surface area contributed by atoms with Crippen LogP contribution in [-0.2, 0) is 0 Å². The maximum Gasteiger partial charge on any atom is 0.278 e. The van der Waals surface area contributed by atoms with E-state index in [1.54, 1.807) is 0 Å². The van der Waals surface area contributed by atoms with Gasteiger partial charge in [0.15, 0.2) is 20.5 Å². The highest BCUT2D eigenvalue weighted by Crippen LogP contribution is 2.28. The van der Waals surface area contributed by atoms with E-state index in [1.165, 1.54) is 40.2 Å². The summed E-state index contributed by atoms with van der Waals surface area (Å²) in [6.45, 7) is 4.06. The van der Waals surface area contributed by atoms with Crippen molar-refractivity contribution in [2.45, 2.75) is 19.0 Å². The molecule has 0 aliphatic carbocycles. The fourth-order valence-corrected chi connectivity index (χ4v) is 5.98. The van der Waals surface area contributed by atoms with Crippen molar-refractivity contribution in [1.29, 1.82) is 0 Å². The van der Waals surface area contributed by atoms with Gasteiger partial charge in [0, 0.05) is 11.3 Å². The number of thioether (sulfide) groups is 1. The lowest BCUT2D eigenvalue weighted by Gasteiger charge is -2.13. The Kier molecular flexibility index (Phi) is 6.70. The Morgan fingerprint density at radius 3 is 2.39 bits per heavy atom. The fourth-order valence-electron chi connectivity index (χ4n) is 3.78. The third-order valence-electron chi connectivity index (χ3n) is 5.84. The van der Waals surface area contributed by atoms with Crippen LogP contribution >= 0.6 is 35.3 Å². The summed E-state index contributed by atoms with van der Waals surface area (Å²) in [7, 11) is 0. The second-order valence-corrected chi connectivity index (χ2v) is 10.8. The molecule has 2 heterocycles. The molecule has 5 rings (SSSR count). The average Bonchev–Trinajstić information content (AvgIpc) is 3.21. The monoisotopic (exact) mass is 533 g/mol. The van der Waals surface area contributed by atoms with E-state index in [0.29, 0.717) is 30.7 Å². The minimum absolute atomic E-state index is 0.0327. The summed E-state index contributed by atoms with van der Waals surface area (Å²) in [6, 6.07) is 20.6. The zero-order valence-electron chi connectivity index (χ0n) is 19.4. The number of rotatable bonds is 6. The Bertz CT molecular complexity index is 1720. The van der Waals surface area contributed by atoms with Crippen LogP contribution in [0.2, 0.25) is 0 Å². The summed E-state index contributed by atoms with van der Waals surface area (Å²) in [5.74, 6) is -0.562. The first kappa shape index (κ1) is 24.3. The Labute approximate surface area is 219 Å². The molecule has 0 aliphatic heterocycles. The lowest BCUT2D eigenvalue weighted by Crippen LogP contribution is -2.22. The number of thiazole rings is 1. The molecular formula is C27H20FN3O2S3. The van der Waals surface area contributed by atoms with Gasteiger partial charge < -0.3 is 0 Å². The van der Waals surface area contributed by atoms with E-state index in [0.717, 1.165) is 28.6 Å². The van der Waals surface area contributed by atoms with Gasteiger partial charge in [-0.25, -0.2) is 9.37 Å². The Hall–Kier alpha value is -3.40. The van der Waals surface area contributed by atoms with Gasteiger partial charge in [-0.2, -0.15) is 0 Å².